The number of nitrogens with one attached hydrogen (secondary N) is 1. The standard InChI is InChI=1S/C10H20N2O2S/c1-10(4-6-11-7-5-10)12-8-2-3-9-15(12,13)14/h11H,2-9H2,1H3. The van der Waals surface area contributed by atoms with Crippen molar-refractivity contribution in [3.05, 3.63) is 0 Å². The van der Waals surface area contributed by atoms with Crippen LogP contribution in [0.5, 0.6) is 0 Å². The van der Waals surface area contributed by atoms with Gasteiger partial charge in [-0.25, -0.2) is 8.42 Å². The summed E-state index contributed by atoms with van der Waals surface area (Å²) in [6, 6.07) is 0. The number of hydrogen-bond acceptors (Lipinski definition) is 3. The number of piperidine rings is 1. The molecule has 0 bridgehead atoms. The summed E-state index contributed by atoms with van der Waals surface area (Å²) in [5.41, 5.74) is -0.134. The van der Waals surface area contributed by atoms with Crippen LogP contribution in [-0.2, 0) is 10.0 Å². The molecule has 0 aromatic carbocycles. The van der Waals surface area contributed by atoms with E-state index in [-0.39, 0.29) is 5.54 Å². The second-order valence-electron chi connectivity index (χ2n) is 4.84. The zero-order valence-electron chi connectivity index (χ0n) is 9.33. The minimum atomic E-state index is -2.98. The zero-order chi connectivity index (χ0) is 10.9. The van der Waals surface area contributed by atoms with Crippen LogP contribution in [-0.4, -0.2) is 43.6 Å². The molecule has 88 valence electrons. The third kappa shape index (κ3) is 2.19. The van der Waals surface area contributed by atoms with Gasteiger partial charge in [0.05, 0.1) is 5.75 Å². The van der Waals surface area contributed by atoms with Gasteiger partial charge in [0.25, 0.3) is 0 Å². The quantitative estimate of drug-likeness (QED) is 0.718. The summed E-state index contributed by atoms with van der Waals surface area (Å²) in [4.78, 5) is 0. The van der Waals surface area contributed by atoms with Crippen molar-refractivity contribution >= 4 is 10.0 Å². The van der Waals surface area contributed by atoms with Gasteiger partial charge in [-0.05, 0) is 45.7 Å². The van der Waals surface area contributed by atoms with Gasteiger partial charge in [0.15, 0.2) is 0 Å². The predicted molar refractivity (Wildman–Crippen MR) is 60.2 cm³/mol. The normalized spacial score (nSPS) is 31.3. The first-order valence-corrected chi connectivity index (χ1v) is 7.37. The van der Waals surface area contributed by atoms with E-state index in [2.05, 4.69) is 12.2 Å². The molecule has 0 aliphatic carbocycles. The molecule has 0 saturated carbocycles. The molecule has 1 N–H and O–H groups in total. The minimum absolute atomic E-state index is 0.134. The van der Waals surface area contributed by atoms with Crippen molar-refractivity contribution < 1.29 is 8.42 Å². The molecule has 2 saturated heterocycles. The summed E-state index contributed by atoms with van der Waals surface area (Å²) < 4.78 is 25.8. The first-order valence-electron chi connectivity index (χ1n) is 5.76. The Labute approximate surface area is 92.1 Å². The Bertz CT molecular complexity index is 320. The molecule has 2 heterocycles. The van der Waals surface area contributed by atoms with Gasteiger partial charge in [-0.15, -0.1) is 0 Å². The Hall–Kier alpha value is -0.130. The number of sulfonamides is 1. The van der Waals surface area contributed by atoms with Crippen molar-refractivity contribution in [3.8, 4) is 0 Å². The van der Waals surface area contributed by atoms with Crippen LogP contribution in [0, 0.1) is 0 Å². The van der Waals surface area contributed by atoms with Crippen LogP contribution in [0.4, 0.5) is 0 Å². The summed E-state index contributed by atoms with van der Waals surface area (Å²) in [5, 5.41) is 3.28. The van der Waals surface area contributed by atoms with E-state index in [1.165, 1.54) is 0 Å². The van der Waals surface area contributed by atoms with Crippen LogP contribution in [0.2, 0.25) is 0 Å². The summed E-state index contributed by atoms with van der Waals surface area (Å²) in [6.45, 7) is 4.68. The summed E-state index contributed by atoms with van der Waals surface area (Å²) in [5.74, 6) is 0.343. The lowest BCUT2D eigenvalue weighted by molar-refractivity contribution is 0.149. The van der Waals surface area contributed by atoms with Gasteiger partial charge in [-0.1, -0.05) is 0 Å². The van der Waals surface area contributed by atoms with E-state index in [0.29, 0.717) is 5.75 Å². The molecule has 0 aromatic rings. The molecule has 2 rings (SSSR count). The highest BCUT2D eigenvalue weighted by molar-refractivity contribution is 7.89. The highest BCUT2D eigenvalue weighted by atomic mass is 32.2. The number of nitrogens with zero attached hydrogens (tertiary/aromatic N) is 1. The molecule has 0 atom stereocenters. The lowest BCUT2D eigenvalue weighted by Crippen LogP contribution is -2.56. The maximum atomic E-state index is 12.0. The highest BCUT2D eigenvalue weighted by Crippen LogP contribution is 2.31. The van der Waals surface area contributed by atoms with Crippen LogP contribution < -0.4 is 5.32 Å². The van der Waals surface area contributed by atoms with Crippen LogP contribution >= 0.6 is 0 Å². The molecule has 0 unspecified atom stereocenters. The Morgan fingerprint density at radius 2 is 1.87 bits per heavy atom. The van der Waals surface area contributed by atoms with Crippen LogP contribution in [0.1, 0.15) is 32.6 Å². The van der Waals surface area contributed by atoms with Gasteiger partial charge >= 0.3 is 0 Å². The number of hydrogen-bond donors (Lipinski definition) is 1. The van der Waals surface area contributed by atoms with Gasteiger partial charge in [-0.2, -0.15) is 4.31 Å². The average molecular weight is 232 g/mol. The molecule has 2 aliphatic rings. The topological polar surface area (TPSA) is 49.4 Å². The Balaban J connectivity index is 2.20. The van der Waals surface area contributed by atoms with Crippen molar-refractivity contribution in [1.29, 1.82) is 0 Å². The fourth-order valence-corrected chi connectivity index (χ4v) is 4.66. The van der Waals surface area contributed by atoms with Gasteiger partial charge in [0.2, 0.25) is 10.0 Å². The molecular formula is C10H20N2O2S. The van der Waals surface area contributed by atoms with Crippen molar-refractivity contribution in [2.45, 2.75) is 38.1 Å². The monoisotopic (exact) mass is 232 g/mol. The first-order chi connectivity index (χ1) is 7.05. The number of rotatable bonds is 1. The van der Waals surface area contributed by atoms with Crippen molar-refractivity contribution in [2.75, 3.05) is 25.4 Å². The molecule has 0 radical (unpaired) electrons. The third-order valence-corrected chi connectivity index (χ3v) is 5.73. The molecule has 0 spiro atoms. The molecule has 15 heavy (non-hydrogen) atoms. The van der Waals surface area contributed by atoms with E-state index in [0.717, 1.165) is 45.3 Å². The fourth-order valence-electron chi connectivity index (χ4n) is 2.61. The van der Waals surface area contributed by atoms with Crippen LogP contribution in [0.3, 0.4) is 0 Å². The van der Waals surface area contributed by atoms with E-state index in [9.17, 15) is 8.42 Å². The second kappa shape index (κ2) is 4.03. The smallest absolute Gasteiger partial charge is 0.214 e. The predicted octanol–water partition coefficient (Wildman–Crippen LogP) is 0.554. The summed E-state index contributed by atoms with van der Waals surface area (Å²) in [7, 11) is -2.98. The maximum absolute atomic E-state index is 12.0. The molecule has 2 fully saturated rings. The van der Waals surface area contributed by atoms with E-state index in [4.69, 9.17) is 0 Å². The maximum Gasteiger partial charge on any atom is 0.214 e. The highest BCUT2D eigenvalue weighted by Gasteiger charge is 2.41. The van der Waals surface area contributed by atoms with Gasteiger partial charge in [0, 0.05) is 12.1 Å². The van der Waals surface area contributed by atoms with Gasteiger partial charge < -0.3 is 5.32 Å². The van der Waals surface area contributed by atoms with Gasteiger partial charge in [0.1, 0.15) is 0 Å². The molecule has 4 nitrogen and oxygen atoms in total. The summed E-state index contributed by atoms with van der Waals surface area (Å²) >= 11 is 0. The third-order valence-electron chi connectivity index (χ3n) is 3.63. The van der Waals surface area contributed by atoms with E-state index >= 15 is 0 Å². The van der Waals surface area contributed by atoms with E-state index in [1.54, 1.807) is 4.31 Å². The molecule has 5 heteroatoms. The van der Waals surface area contributed by atoms with E-state index < -0.39 is 10.0 Å². The Morgan fingerprint density at radius 3 is 2.47 bits per heavy atom. The lowest BCUT2D eigenvalue weighted by Gasteiger charge is -2.44. The Morgan fingerprint density at radius 1 is 1.20 bits per heavy atom. The van der Waals surface area contributed by atoms with Crippen molar-refractivity contribution in [2.24, 2.45) is 0 Å². The molecule has 0 amide bonds. The van der Waals surface area contributed by atoms with Gasteiger partial charge in [-0.3, -0.25) is 0 Å². The van der Waals surface area contributed by atoms with Crippen molar-refractivity contribution in [3.63, 3.8) is 0 Å². The molecular weight excluding hydrogens is 212 g/mol. The lowest BCUT2D eigenvalue weighted by atomic mass is 9.90. The van der Waals surface area contributed by atoms with E-state index in [1.807, 2.05) is 0 Å². The fraction of sp³-hybridized carbons (Fsp3) is 1.00. The summed E-state index contributed by atoms with van der Waals surface area (Å²) in [6.07, 6.45) is 3.72. The van der Waals surface area contributed by atoms with Crippen LogP contribution in [0.15, 0.2) is 0 Å². The average Bonchev–Trinajstić information content (AvgIpc) is 2.17. The minimum Gasteiger partial charge on any atom is -0.317 e. The second-order valence-corrected chi connectivity index (χ2v) is 6.86. The zero-order valence-corrected chi connectivity index (χ0v) is 10.1. The first kappa shape index (κ1) is 11.4. The Kier molecular flexibility index (Phi) is 3.05. The van der Waals surface area contributed by atoms with Crippen molar-refractivity contribution in [1.82, 2.24) is 9.62 Å². The molecule has 2 aliphatic heterocycles. The molecule has 0 aromatic heterocycles. The SMILES string of the molecule is CC1(N2CCCCS2(=O)=O)CCNCC1. The van der Waals surface area contributed by atoms with Crippen LogP contribution in [0.25, 0.3) is 0 Å². The largest absolute Gasteiger partial charge is 0.317 e.